The van der Waals surface area contributed by atoms with Gasteiger partial charge in [0.15, 0.2) is 0 Å². The zero-order valence-corrected chi connectivity index (χ0v) is 17.3. The van der Waals surface area contributed by atoms with Crippen molar-refractivity contribution in [2.45, 2.75) is 19.4 Å². The minimum Gasteiger partial charge on any atom is -0.320 e. The molecule has 1 aromatic heterocycles. The molecule has 1 aliphatic rings. The van der Waals surface area contributed by atoms with E-state index in [4.69, 9.17) is 0 Å². The van der Waals surface area contributed by atoms with Crippen molar-refractivity contribution in [3.8, 4) is 0 Å². The van der Waals surface area contributed by atoms with E-state index in [9.17, 15) is 14.0 Å². The predicted octanol–water partition coefficient (Wildman–Crippen LogP) is 4.24. The van der Waals surface area contributed by atoms with E-state index in [2.05, 4.69) is 15.3 Å². The van der Waals surface area contributed by atoms with E-state index >= 15 is 0 Å². The summed E-state index contributed by atoms with van der Waals surface area (Å²) in [5.41, 5.74) is 2.57. The molecule has 3 aromatic carbocycles. The van der Waals surface area contributed by atoms with E-state index in [0.717, 1.165) is 22.0 Å². The molecule has 2 heterocycles. The van der Waals surface area contributed by atoms with Crippen LogP contribution < -0.4 is 10.9 Å². The van der Waals surface area contributed by atoms with Gasteiger partial charge in [0.25, 0.3) is 5.56 Å². The highest BCUT2D eigenvalue weighted by atomic mass is 19.1. The minimum atomic E-state index is -0.303. The first-order valence-electron chi connectivity index (χ1n) is 10.5. The second-order valence-corrected chi connectivity index (χ2v) is 7.87. The molecule has 0 aliphatic carbocycles. The molecular weight excluding hydrogens is 407 g/mol. The first kappa shape index (κ1) is 19.9. The number of rotatable bonds is 3. The Morgan fingerprint density at radius 2 is 1.84 bits per heavy atom. The summed E-state index contributed by atoms with van der Waals surface area (Å²) in [6, 6.07) is 19.5. The topological polar surface area (TPSA) is 78.1 Å². The van der Waals surface area contributed by atoms with Gasteiger partial charge in [-0.1, -0.05) is 48.5 Å². The molecule has 1 aliphatic heterocycles. The molecule has 0 bridgehead atoms. The fraction of sp³-hybridized carbons (Fsp3) is 0.160. The Balaban J connectivity index is 1.33. The molecule has 4 aromatic rings. The maximum Gasteiger partial charge on any atom is 0.322 e. The third-order valence-corrected chi connectivity index (χ3v) is 5.72. The summed E-state index contributed by atoms with van der Waals surface area (Å²) >= 11 is 0. The smallest absolute Gasteiger partial charge is 0.320 e. The van der Waals surface area contributed by atoms with E-state index in [1.165, 1.54) is 12.1 Å². The standard InChI is InChI=1S/C25H21FN4O2/c26-18-10-8-16(9-11-18)14-23-27-22-12-13-30(15-20(22)24(31)29-23)25(32)28-21-7-3-5-17-4-1-2-6-19(17)21/h1-11H,12-15H2,(H,28,32)(H,27,29,31). The van der Waals surface area contributed by atoms with Crippen LogP contribution in [0.4, 0.5) is 14.9 Å². The molecule has 0 radical (unpaired) electrons. The van der Waals surface area contributed by atoms with Crippen LogP contribution in [0.15, 0.2) is 71.5 Å². The highest BCUT2D eigenvalue weighted by Crippen LogP contribution is 2.24. The number of halogens is 1. The maximum absolute atomic E-state index is 13.1. The van der Waals surface area contributed by atoms with Crippen LogP contribution in [0.25, 0.3) is 10.8 Å². The number of nitrogens with one attached hydrogen (secondary N) is 2. The van der Waals surface area contributed by atoms with E-state index in [1.54, 1.807) is 17.0 Å². The molecule has 0 unspecified atom stereocenters. The molecule has 2 N–H and O–H groups in total. The summed E-state index contributed by atoms with van der Waals surface area (Å²) in [5.74, 6) is 0.233. The van der Waals surface area contributed by atoms with Crippen LogP contribution in [0, 0.1) is 5.82 Å². The number of anilines is 1. The number of hydrogen-bond donors (Lipinski definition) is 2. The van der Waals surface area contributed by atoms with Crippen molar-refractivity contribution < 1.29 is 9.18 Å². The van der Waals surface area contributed by atoms with Crippen LogP contribution in [0.5, 0.6) is 0 Å². The van der Waals surface area contributed by atoms with Crippen molar-refractivity contribution in [2.75, 3.05) is 11.9 Å². The van der Waals surface area contributed by atoms with Crippen molar-refractivity contribution in [2.24, 2.45) is 0 Å². The zero-order valence-electron chi connectivity index (χ0n) is 17.3. The summed E-state index contributed by atoms with van der Waals surface area (Å²) in [7, 11) is 0. The molecular formula is C25H21FN4O2. The van der Waals surface area contributed by atoms with Crippen molar-refractivity contribution in [1.29, 1.82) is 0 Å². The third kappa shape index (κ3) is 3.97. The molecule has 2 amide bonds. The summed E-state index contributed by atoms with van der Waals surface area (Å²) in [4.78, 5) is 34.7. The zero-order chi connectivity index (χ0) is 22.1. The molecule has 0 atom stereocenters. The Kier molecular flexibility index (Phi) is 5.15. The largest absolute Gasteiger partial charge is 0.322 e. The fourth-order valence-corrected chi connectivity index (χ4v) is 4.06. The third-order valence-electron chi connectivity index (χ3n) is 5.72. The van der Waals surface area contributed by atoms with E-state index in [-0.39, 0.29) is 24.0 Å². The van der Waals surface area contributed by atoms with Gasteiger partial charge in [-0.2, -0.15) is 0 Å². The summed E-state index contributed by atoms with van der Waals surface area (Å²) < 4.78 is 13.1. The Morgan fingerprint density at radius 3 is 2.69 bits per heavy atom. The number of benzene rings is 3. The van der Waals surface area contributed by atoms with Crippen LogP contribution >= 0.6 is 0 Å². The van der Waals surface area contributed by atoms with Gasteiger partial charge in [-0.15, -0.1) is 0 Å². The molecule has 6 nitrogen and oxygen atoms in total. The Labute approximate surface area is 183 Å². The van der Waals surface area contributed by atoms with Crippen LogP contribution in [0.2, 0.25) is 0 Å². The van der Waals surface area contributed by atoms with Crippen molar-refractivity contribution in [3.05, 3.63) is 106 Å². The summed E-state index contributed by atoms with van der Waals surface area (Å²) in [6.07, 6.45) is 0.909. The number of nitrogens with zero attached hydrogens (tertiary/aromatic N) is 2. The highest BCUT2D eigenvalue weighted by molar-refractivity contribution is 6.01. The monoisotopic (exact) mass is 428 g/mol. The minimum absolute atomic E-state index is 0.199. The Morgan fingerprint density at radius 1 is 1.06 bits per heavy atom. The van der Waals surface area contributed by atoms with Gasteiger partial charge in [-0.3, -0.25) is 4.79 Å². The Bertz CT molecular complexity index is 1360. The number of fused-ring (bicyclic) bond motifs is 2. The first-order chi connectivity index (χ1) is 15.6. The quantitative estimate of drug-likeness (QED) is 0.512. The number of carbonyl (C=O) groups excluding carboxylic acids is 1. The number of aromatic amines is 1. The fourth-order valence-electron chi connectivity index (χ4n) is 4.06. The highest BCUT2D eigenvalue weighted by Gasteiger charge is 2.25. The van der Waals surface area contributed by atoms with Crippen molar-refractivity contribution in [3.63, 3.8) is 0 Å². The average molecular weight is 428 g/mol. The molecule has 160 valence electrons. The van der Waals surface area contributed by atoms with Gasteiger partial charge < -0.3 is 15.2 Å². The van der Waals surface area contributed by atoms with Crippen LogP contribution in [-0.4, -0.2) is 27.4 Å². The van der Waals surface area contributed by atoms with Crippen LogP contribution in [0.1, 0.15) is 22.6 Å². The predicted molar refractivity (Wildman–Crippen MR) is 121 cm³/mol. The number of aromatic nitrogens is 2. The number of amides is 2. The van der Waals surface area contributed by atoms with Crippen LogP contribution in [-0.2, 0) is 19.4 Å². The van der Waals surface area contributed by atoms with Gasteiger partial charge in [-0.05, 0) is 29.1 Å². The normalized spacial score (nSPS) is 13.1. The van der Waals surface area contributed by atoms with Gasteiger partial charge in [0.1, 0.15) is 11.6 Å². The molecule has 0 fully saturated rings. The second-order valence-electron chi connectivity index (χ2n) is 7.87. The van der Waals surface area contributed by atoms with Crippen LogP contribution in [0.3, 0.4) is 0 Å². The summed E-state index contributed by atoms with van der Waals surface area (Å²) in [5, 5.41) is 4.99. The second kappa shape index (κ2) is 8.26. The summed E-state index contributed by atoms with van der Waals surface area (Å²) in [6.45, 7) is 0.668. The molecule has 0 spiro atoms. The molecule has 0 saturated heterocycles. The lowest BCUT2D eigenvalue weighted by atomic mass is 10.1. The molecule has 0 saturated carbocycles. The maximum atomic E-state index is 13.1. The molecule has 7 heteroatoms. The van der Waals surface area contributed by atoms with E-state index in [0.29, 0.717) is 36.5 Å². The van der Waals surface area contributed by atoms with E-state index in [1.807, 2.05) is 42.5 Å². The number of hydrogen-bond acceptors (Lipinski definition) is 3. The average Bonchev–Trinajstić information content (AvgIpc) is 2.81. The van der Waals surface area contributed by atoms with Gasteiger partial charge in [-0.25, -0.2) is 14.2 Å². The van der Waals surface area contributed by atoms with Gasteiger partial charge in [0.05, 0.1) is 23.5 Å². The lowest BCUT2D eigenvalue weighted by molar-refractivity contribution is 0.205. The Hall–Kier alpha value is -4.00. The van der Waals surface area contributed by atoms with Gasteiger partial charge in [0, 0.05) is 24.8 Å². The first-order valence-corrected chi connectivity index (χ1v) is 10.5. The lowest BCUT2D eigenvalue weighted by Crippen LogP contribution is -2.42. The van der Waals surface area contributed by atoms with Gasteiger partial charge >= 0.3 is 6.03 Å². The van der Waals surface area contributed by atoms with Crippen molar-refractivity contribution >= 4 is 22.5 Å². The molecule has 5 rings (SSSR count). The van der Waals surface area contributed by atoms with Crippen molar-refractivity contribution in [1.82, 2.24) is 14.9 Å². The SMILES string of the molecule is O=C(Nc1cccc2ccccc12)N1CCc2nc(Cc3ccc(F)cc3)[nH]c(=O)c2C1. The number of carbonyl (C=O) groups is 1. The lowest BCUT2D eigenvalue weighted by Gasteiger charge is -2.28. The molecule has 32 heavy (non-hydrogen) atoms. The van der Waals surface area contributed by atoms with E-state index < -0.39 is 0 Å². The number of H-pyrrole nitrogens is 1. The van der Waals surface area contributed by atoms with Gasteiger partial charge in [0.2, 0.25) is 0 Å². The number of urea groups is 1.